The molecule has 0 saturated carbocycles. The highest BCUT2D eigenvalue weighted by Gasteiger charge is 2.12. The third-order valence-corrected chi connectivity index (χ3v) is 4.12. The maximum Gasteiger partial charge on any atom is 0.153 e. The Hall–Kier alpha value is -3.19. The molecule has 0 aliphatic carbocycles. The number of aromatic nitrogens is 4. The summed E-state index contributed by atoms with van der Waals surface area (Å²) in [5.74, 6) is 0.508. The number of benzene rings is 2. The van der Waals surface area contributed by atoms with Crippen molar-refractivity contribution in [2.24, 2.45) is 0 Å². The van der Waals surface area contributed by atoms with Crippen molar-refractivity contribution in [1.29, 1.82) is 0 Å². The van der Waals surface area contributed by atoms with Crippen molar-refractivity contribution < 1.29 is 9.13 Å². The van der Waals surface area contributed by atoms with Crippen molar-refractivity contribution in [3.05, 3.63) is 71.4 Å². The summed E-state index contributed by atoms with van der Waals surface area (Å²) < 4.78 is 20.5. The molecule has 0 fully saturated rings. The van der Waals surface area contributed by atoms with Crippen molar-refractivity contribution in [2.45, 2.75) is 6.61 Å². The van der Waals surface area contributed by atoms with E-state index in [4.69, 9.17) is 22.1 Å². The van der Waals surface area contributed by atoms with E-state index >= 15 is 0 Å². The highest BCUT2D eigenvalue weighted by Crippen LogP contribution is 2.29. The van der Waals surface area contributed by atoms with Gasteiger partial charge >= 0.3 is 0 Å². The zero-order valence-corrected chi connectivity index (χ0v) is 14.2. The van der Waals surface area contributed by atoms with Crippen LogP contribution in [0.15, 0.2) is 55.0 Å². The highest BCUT2D eigenvalue weighted by molar-refractivity contribution is 6.32. The number of nitrogen functional groups attached to an aromatic ring is 1. The van der Waals surface area contributed by atoms with Gasteiger partial charge in [0.2, 0.25) is 0 Å². The molecule has 0 aliphatic heterocycles. The number of anilines is 1. The largest absolute Gasteiger partial charge is 0.487 e. The molecule has 0 radical (unpaired) electrons. The third-order valence-electron chi connectivity index (χ3n) is 3.83. The average molecular weight is 370 g/mol. The summed E-state index contributed by atoms with van der Waals surface area (Å²) >= 11 is 6.33. The quantitative estimate of drug-likeness (QED) is 0.592. The zero-order valence-electron chi connectivity index (χ0n) is 13.4. The summed E-state index contributed by atoms with van der Waals surface area (Å²) in [6.07, 6.45) is 3.00. The van der Waals surface area contributed by atoms with Gasteiger partial charge < -0.3 is 10.5 Å². The van der Waals surface area contributed by atoms with E-state index in [0.717, 1.165) is 0 Å². The van der Waals surface area contributed by atoms with E-state index in [9.17, 15) is 4.39 Å². The molecule has 0 unspecified atom stereocenters. The predicted octanol–water partition coefficient (Wildman–Crippen LogP) is 3.77. The van der Waals surface area contributed by atoms with Crippen LogP contribution in [0.25, 0.3) is 16.7 Å². The summed E-state index contributed by atoms with van der Waals surface area (Å²) in [6.45, 7) is 0.211. The zero-order chi connectivity index (χ0) is 18.1. The lowest BCUT2D eigenvalue weighted by atomic mass is 10.2. The molecule has 2 aromatic carbocycles. The fourth-order valence-electron chi connectivity index (χ4n) is 2.61. The number of nitrogens with two attached hydrogens (primary N) is 1. The number of ether oxygens (including phenoxy) is 1. The lowest BCUT2D eigenvalue weighted by Crippen LogP contribution is -2.02. The molecule has 2 aromatic heterocycles. The van der Waals surface area contributed by atoms with Crippen molar-refractivity contribution in [2.75, 3.05) is 5.73 Å². The minimum Gasteiger partial charge on any atom is -0.487 e. The molecule has 8 heteroatoms. The van der Waals surface area contributed by atoms with Crippen molar-refractivity contribution in [3.8, 4) is 11.4 Å². The molecule has 4 rings (SSSR count). The lowest BCUT2D eigenvalue weighted by Gasteiger charge is -2.10. The first-order chi connectivity index (χ1) is 12.6. The molecular weight excluding hydrogens is 357 g/mol. The number of hydrogen-bond donors (Lipinski definition) is 1. The van der Waals surface area contributed by atoms with Gasteiger partial charge in [-0.15, -0.1) is 0 Å². The van der Waals surface area contributed by atoms with E-state index in [0.29, 0.717) is 38.9 Å². The number of halogens is 2. The maximum absolute atomic E-state index is 13.2. The molecule has 0 saturated heterocycles. The van der Waals surface area contributed by atoms with Crippen LogP contribution in [-0.2, 0) is 6.61 Å². The summed E-state index contributed by atoms with van der Waals surface area (Å²) in [7, 11) is 0. The van der Waals surface area contributed by atoms with Gasteiger partial charge in [-0.1, -0.05) is 23.7 Å². The van der Waals surface area contributed by atoms with Gasteiger partial charge in [-0.25, -0.2) is 19.0 Å². The molecule has 0 atom stereocenters. The highest BCUT2D eigenvalue weighted by atomic mass is 35.5. The Balaban J connectivity index is 1.61. The minimum absolute atomic E-state index is 0.211. The Kier molecular flexibility index (Phi) is 4.14. The second kappa shape index (κ2) is 6.61. The lowest BCUT2D eigenvalue weighted by molar-refractivity contribution is 0.305. The smallest absolute Gasteiger partial charge is 0.153 e. The SMILES string of the molecule is Nc1ncnc2cnn(-c3ccc(OCc4cccc(F)c4)c(Cl)c3)c12. The normalized spacial score (nSPS) is 11.0. The van der Waals surface area contributed by atoms with E-state index in [2.05, 4.69) is 15.1 Å². The first-order valence-corrected chi connectivity index (χ1v) is 8.11. The Labute approximate surface area is 153 Å². The second-order valence-corrected chi connectivity index (χ2v) is 5.99. The van der Waals surface area contributed by atoms with Crippen molar-refractivity contribution in [3.63, 3.8) is 0 Å². The van der Waals surface area contributed by atoms with Crippen LogP contribution in [0.2, 0.25) is 5.02 Å². The van der Waals surface area contributed by atoms with E-state index < -0.39 is 0 Å². The number of nitrogens with zero attached hydrogens (tertiary/aromatic N) is 4. The van der Waals surface area contributed by atoms with Crippen LogP contribution in [0.3, 0.4) is 0 Å². The fraction of sp³-hybridized carbons (Fsp3) is 0.0556. The molecule has 0 bridgehead atoms. The molecule has 4 aromatic rings. The van der Waals surface area contributed by atoms with Crippen molar-refractivity contribution >= 4 is 28.5 Å². The molecule has 0 spiro atoms. The van der Waals surface area contributed by atoms with Gasteiger partial charge in [0.1, 0.15) is 35.5 Å². The van der Waals surface area contributed by atoms with Crippen LogP contribution in [0.4, 0.5) is 10.2 Å². The van der Waals surface area contributed by atoms with Crippen molar-refractivity contribution in [1.82, 2.24) is 19.7 Å². The van der Waals surface area contributed by atoms with Gasteiger partial charge in [-0.2, -0.15) is 5.10 Å². The van der Waals surface area contributed by atoms with E-state index in [1.54, 1.807) is 41.2 Å². The first-order valence-electron chi connectivity index (χ1n) is 7.73. The Bertz CT molecular complexity index is 1100. The van der Waals surface area contributed by atoms with E-state index in [-0.39, 0.29) is 12.4 Å². The molecule has 2 heterocycles. The van der Waals surface area contributed by atoms with E-state index in [1.807, 2.05) is 0 Å². The van der Waals surface area contributed by atoms with Crippen LogP contribution in [0.1, 0.15) is 5.56 Å². The number of rotatable bonds is 4. The summed E-state index contributed by atoms with van der Waals surface area (Å²) in [6, 6.07) is 11.4. The van der Waals surface area contributed by atoms with Gasteiger partial charge in [0.15, 0.2) is 5.82 Å². The molecular formula is C18H13ClFN5O. The predicted molar refractivity (Wildman–Crippen MR) is 96.8 cm³/mol. The molecule has 2 N–H and O–H groups in total. The standard InChI is InChI=1S/C18H13ClFN5O/c19-14-7-13(25-17-15(8-24-25)22-10-23-18(17)21)4-5-16(14)26-9-11-2-1-3-12(20)6-11/h1-8,10H,9H2,(H2,21,22,23). The third kappa shape index (κ3) is 3.04. The van der Waals surface area contributed by atoms with Crippen LogP contribution in [0, 0.1) is 5.82 Å². The topological polar surface area (TPSA) is 78.9 Å². The maximum atomic E-state index is 13.2. The van der Waals surface area contributed by atoms with E-state index in [1.165, 1.54) is 18.5 Å². The van der Waals surface area contributed by atoms with Gasteiger partial charge in [0.25, 0.3) is 0 Å². The molecule has 6 nitrogen and oxygen atoms in total. The monoisotopic (exact) mass is 369 g/mol. The van der Waals surface area contributed by atoms with Gasteiger partial charge in [-0.05, 0) is 35.9 Å². The first kappa shape index (κ1) is 16.3. The number of hydrogen-bond acceptors (Lipinski definition) is 5. The Morgan fingerprint density at radius 3 is 2.85 bits per heavy atom. The minimum atomic E-state index is -0.307. The molecule has 0 aliphatic rings. The van der Waals surface area contributed by atoms with Crippen LogP contribution in [0.5, 0.6) is 5.75 Å². The summed E-state index contributed by atoms with van der Waals surface area (Å²) in [4.78, 5) is 8.13. The fourth-order valence-corrected chi connectivity index (χ4v) is 2.84. The van der Waals surface area contributed by atoms with Crippen LogP contribution >= 0.6 is 11.6 Å². The average Bonchev–Trinajstić information content (AvgIpc) is 3.06. The molecule has 26 heavy (non-hydrogen) atoms. The van der Waals surface area contributed by atoms with Crippen LogP contribution < -0.4 is 10.5 Å². The van der Waals surface area contributed by atoms with Gasteiger partial charge in [0, 0.05) is 0 Å². The Morgan fingerprint density at radius 1 is 1.15 bits per heavy atom. The second-order valence-electron chi connectivity index (χ2n) is 5.58. The van der Waals surface area contributed by atoms with Gasteiger partial charge in [0.05, 0.1) is 16.9 Å². The molecule has 130 valence electrons. The Morgan fingerprint density at radius 2 is 2.04 bits per heavy atom. The summed E-state index contributed by atoms with van der Waals surface area (Å²) in [5, 5.41) is 4.69. The summed E-state index contributed by atoms with van der Waals surface area (Å²) in [5.41, 5.74) is 8.59. The van der Waals surface area contributed by atoms with Gasteiger partial charge in [-0.3, -0.25) is 0 Å². The van der Waals surface area contributed by atoms with Crippen LogP contribution in [-0.4, -0.2) is 19.7 Å². The molecule has 0 amide bonds. The number of fused-ring (bicyclic) bond motifs is 1.